The highest BCUT2D eigenvalue weighted by atomic mass is 31.2. The van der Waals surface area contributed by atoms with E-state index in [9.17, 15) is 29.3 Å². The monoisotopic (exact) mass is 877 g/mol. The Morgan fingerprint density at radius 3 is 2.05 bits per heavy atom. The van der Waals surface area contributed by atoms with Gasteiger partial charge >= 0.3 is 19.8 Å². The molecule has 0 aromatic carbocycles. The predicted molar refractivity (Wildman–Crippen MR) is 244 cm³/mol. The van der Waals surface area contributed by atoms with Crippen LogP contribution in [0.5, 0.6) is 0 Å². The highest BCUT2D eigenvalue weighted by Crippen LogP contribution is 2.43. The summed E-state index contributed by atoms with van der Waals surface area (Å²) in [5, 5.41) is 20.1. The molecular weight excluding hydrogens is 797 g/mol. The van der Waals surface area contributed by atoms with E-state index in [0.29, 0.717) is 43.1 Å². The molecular formula is C48H79NO11P+. The van der Waals surface area contributed by atoms with Crippen molar-refractivity contribution in [3.63, 3.8) is 0 Å². The normalized spacial score (nSPS) is 15.2. The highest BCUT2D eigenvalue weighted by Gasteiger charge is 2.27. The number of likely N-dealkylation sites (N-methyl/N-ethyl adjacent to an activating group) is 1. The number of aliphatic hydroxyl groups is 2. The third kappa shape index (κ3) is 30.4. The van der Waals surface area contributed by atoms with Crippen molar-refractivity contribution in [1.82, 2.24) is 0 Å². The Kier molecular flexibility index (Phi) is 30.3. The molecule has 346 valence electrons. The first-order valence-corrected chi connectivity index (χ1v) is 23.8. The molecule has 12 nitrogen and oxygen atoms in total. The summed E-state index contributed by atoms with van der Waals surface area (Å²) < 4.78 is 40.3. The molecule has 0 saturated carbocycles. The minimum Gasteiger partial charge on any atom is -0.466 e. The average molecular weight is 877 g/mol. The maximum Gasteiger partial charge on any atom is 0.472 e. The molecule has 0 bridgehead atoms. The van der Waals surface area contributed by atoms with E-state index in [1.807, 2.05) is 63.7 Å². The number of nitrogens with zero attached hydrogens (tertiary/aromatic N) is 1. The van der Waals surface area contributed by atoms with Crippen LogP contribution in [0.25, 0.3) is 0 Å². The Bertz CT molecular complexity index is 1580. The van der Waals surface area contributed by atoms with E-state index < -0.39 is 44.7 Å². The maximum atomic E-state index is 12.7. The molecule has 0 spiro atoms. The number of unbranched alkanes of at least 4 members (excludes halogenated alkanes) is 6. The lowest BCUT2D eigenvalue weighted by Gasteiger charge is -2.24. The molecule has 0 fully saturated rings. The van der Waals surface area contributed by atoms with Gasteiger partial charge in [0.1, 0.15) is 31.3 Å². The number of aliphatic hydroxyl groups excluding tert-OH is 2. The fourth-order valence-electron chi connectivity index (χ4n) is 5.86. The number of furan rings is 1. The zero-order valence-corrected chi connectivity index (χ0v) is 39.2. The van der Waals surface area contributed by atoms with E-state index in [0.717, 1.165) is 69.3 Å². The van der Waals surface area contributed by atoms with Gasteiger partial charge in [0.25, 0.3) is 0 Å². The number of phosphoric acid groups is 1. The largest absolute Gasteiger partial charge is 0.472 e. The Balaban J connectivity index is 2.48. The van der Waals surface area contributed by atoms with Gasteiger partial charge in [0.2, 0.25) is 0 Å². The Labute approximate surface area is 367 Å². The first-order chi connectivity index (χ1) is 29.1. The molecule has 4 atom stereocenters. The Morgan fingerprint density at radius 1 is 0.738 bits per heavy atom. The molecule has 0 aliphatic carbocycles. The van der Waals surface area contributed by atoms with Crippen LogP contribution in [0.1, 0.15) is 126 Å². The zero-order chi connectivity index (χ0) is 45.4. The first kappa shape index (κ1) is 55.7. The van der Waals surface area contributed by atoms with E-state index in [4.69, 9.17) is 22.9 Å². The number of carbonyl (C=O) groups is 2. The summed E-state index contributed by atoms with van der Waals surface area (Å²) in [6, 6.07) is 0. The number of phosphoric ester groups is 1. The van der Waals surface area contributed by atoms with Crippen LogP contribution in [0, 0.1) is 13.8 Å². The number of ether oxygens (including phenoxy) is 2. The van der Waals surface area contributed by atoms with E-state index in [2.05, 4.69) is 27.7 Å². The molecule has 0 amide bonds. The van der Waals surface area contributed by atoms with E-state index in [1.165, 1.54) is 11.1 Å². The predicted octanol–water partition coefficient (Wildman–Crippen LogP) is 9.84. The van der Waals surface area contributed by atoms with Crippen molar-refractivity contribution in [3.05, 3.63) is 95.6 Å². The number of aryl methyl sites for hydroxylation is 2. The van der Waals surface area contributed by atoms with Crippen molar-refractivity contribution in [2.24, 2.45) is 0 Å². The SMILES string of the molecule is CC/C=C\C[C@H](O)/C=C/C=C\C/C=C\C=C\[C@H](O)/C=C\CCCC(=O)O[C@H](COC(=O)CCCCCCCCc1oc(CCC)c(C)c1C)COP(=O)(O)OCC[N+](C)(C)C. The average Bonchev–Trinajstić information content (AvgIpc) is 3.46. The van der Waals surface area contributed by atoms with Crippen LogP contribution in [0.2, 0.25) is 0 Å². The zero-order valence-electron chi connectivity index (χ0n) is 38.3. The summed E-state index contributed by atoms with van der Waals surface area (Å²) in [7, 11) is 1.31. The van der Waals surface area contributed by atoms with Gasteiger partial charge in [0.15, 0.2) is 6.10 Å². The topological polar surface area (TPSA) is 162 Å². The molecule has 3 N–H and O–H groups in total. The smallest absolute Gasteiger partial charge is 0.466 e. The summed E-state index contributed by atoms with van der Waals surface area (Å²) in [6.07, 6.45) is 31.8. The van der Waals surface area contributed by atoms with E-state index in [1.54, 1.807) is 30.4 Å². The van der Waals surface area contributed by atoms with Gasteiger partial charge in [0, 0.05) is 25.7 Å². The van der Waals surface area contributed by atoms with Crippen molar-refractivity contribution in [2.75, 3.05) is 47.5 Å². The molecule has 0 aliphatic rings. The molecule has 0 aliphatic heterocycles. The standard InChI is InChI=1S/C48H78NO11P/c1-8-10-21-29-42(50)30-22-16-12-11-13-17-23-31-43(51)32-24-20-27-35-48(53)59-44(39-58-61(54,55)57-37-36-49(5,6)7)38-56-47(52)34-26-19-15-14-18-25-33-46-41(4)40(3)45(60-46)28-9-2/h10,12-13,16-17,21-24,30-32,42-44,50-51H,8-9,11,14-15,18-20,25-29,33-39H2,1-7H3/p+1/b16-12-,17-13-,21-10-,30-22+,31-23+,32-24-/t42-,43-,44+/m0/s1. The fraction of sp³-hybridized carbons (Fsp3) is 0.625. The van der Waals surface area contributed by atoms with Crippen LogP contribution in [0.3, 0.4) is 0 Å². The second-order valence-corrected chi connectivity index (χ2v) is 17.8. The van der Waals surface area contributed by atoms with Gasteiger partial charge in [-0.05, 0) is 76.3 Å². The van der Waals surface area contributed by atoms with Gasteiger partial charge in [-0.25, -0.2) is 4.57 Å². The summed E-state index contributed by atoms with van der Waals surface area (Å²) in [5.74, 6) is 1.19. The van der Waals surface area contributed by atoms with Crippen molar-refractivity contribution in [3.8, 4) is 0 Å². The van der Waals surface area contributed by atoms with Crippen molar-refractivity contribution in [2.45, 2.75) is 149 Å². The molecule has 1 rings (SSSR count). The van der Waals surface area contributed by atoms with Crippen molar-refractivity contribution in [1.29, 1.82) is 0 Å². The van der Waals surface area contributed by atoms with Crippen LogP contribution in [0.15, 0.2) is 77.3 Å². The van der Waals surface area contributed by atoms with Crippen LogP contribution in [0.4, 0.5) is 0 Å². The summed E-state index contributed by atoms with van der Waals surface area (Å²) in [4.78, 5) is 35.5. The summed E-state index contributed by atoms with van der Waals surface area (Å²) in [5.41, 5.74) is 2.55. The lowest BCUT2D eigenvalue weighted by molar-refractivity contribution is -0.870. The molecule has 1 heterocycles. The van der Waals surface area contributed by atoms with E-state index in [-0.39, 0.29) is 26.1 Å². The quantitative estimate of drug-likeness (QED) is 0.0149. The molecule has 0 radical (unpaired) electrons. The van der Waals surface area contributed by atoms with Crippen LogP contribution >= 0.6 is 7.82 Å². The van der Waals surface area contributed by atoms with Gasteiger partial charge in [-0.15, -0.1) is 0 Å². The minimum absolute atomic E-state index is 0.0186. The maximum absolute atomic E-state index is 12.7. The number of quaternary nitrogens is 1. The Hall–Kier alpha value is -3.35. The molecule has 1 unspecified atom stereocenters. The third-order valence-electron chi connectivity index (χ3n) is 9.60. The Morgan fingerprint density at radius 2 is 1.38 bits per heavy atom. The summed E-state index contributed by atoms with van der Waals surface area (Å²) >= 11 is 0. The van der Waals surface area contributed by atoms with Crippen LogP contribution in [-0.2, 0) is 45.5 Å². The number of hydrogen-bond donors (Lipinski definition) is 3. The van der Waals surface area contributed by atoms with Crippen molar-refractivity contribution < 1.29 is 56.7 Å². The lowest BCUT2D eigenvalue weighted by Crippen LogP contribution is -2.37. The van der Waals surface area contributed by atoms with Gasteiger partial charge in [-0.1, -0.05) is 112 Å². The van der Waals surface area contributed by atoms with Gasteiger partial charge in [0.05, 0.1) is 40.0 Å². The second kappa shape index (κ2) is 33.2. The number of esters is 2. The number of allylic oxidation sites excluding steroid dienone is 8. The highest BCUT2D eigenvalue weighted by molar-refractivity contribution is 7.47. The first-order valence-electron chi connectivity index (χ1n) is 22.3. The number of carbonyl (C=O) groups excluding carboxylic acids is 2. The van der Waals surface area contributed by atoms with Gasteiger partial charge in [-0.3, -0.25) is 18.6 Å². The third-order valence-corrected chi connectivity index (χ3v) is 10.6. The molecule has 1 aromatic heterocycles. The van der Waals surface area contributed by atoms with Crippen LogP contribution in [-0.4, -0.2) is 97.3 Å². The lowest BCUT2D eigenvalue weighted by atomic mass is 10.0. The van der Waals surface area contributed by atoms with Gasteiger partial charge in [-0.2, -0.15) is 0 Å². The van der Waals surface area contributed by atoms with Gasteiger partial charge < -0.3 is 33.5 Å². The molecule has 0 saturated heterocycles. The molecule has 61 heavy (non-hydrogen) atoms. The fourth-order valence-corrected chi connectivity index (χ4v) is 6.60. The molecule has 1 aromatic rings. The minimum atomic E-state index is -4.45. The number of rotatable bonds is 35. The summed E-state index contributed by atoms with van der Waals surface area (Å²) in [6.45, 7) is 8.12. The number of hydrogen-bond acceptors (Lipinski definition) is 10. The van der Waals surface area contributed by atoms with Crippen molar-refractivity contribution >= 4 is 19.8 Å². The molecule has 13 heteroatoms. The van der Waals surface area contributed by atoms with Crippen LogP contribution < -0.4 is 0 Å². The second-order valence-electron chi connectivity index (χ2n) is 16.3. The van der Waals surface area contributed by atoms with E-state index >= 15 is 0 Å².